The molecular formula is C17H10BrF2NO3. The van der Waals surface area contributed by atoms with Gasteiger partial charge in [0, 0.05) is 10.9 Å². The summed E-state index contributed by atoms with van der Waals surface area (Å²) in [6.45, 7) is -0.693. The number of aromatic amines is 1. The number of hydrogen-bond donors (Lipinski definition) is 1. The average Bonchev–Trinajstić information content (AvgIpc) is 2.92. The van der Waals surface area contributed by atoms with Crippen molar-refractivity contribution in [1.82, 2.24) is 4.98 Å². The third-order valence-corrected chi connectivity index (χ3v) is 4.23. The van der Waals surface area contributed by atoms with Crippen molar-refractivity contribution in [3.8, 4) is 0 Å². The Morgan fingerprint density at radius 3 is 2.62 bits per heavy atom. The molecule has 1 N–H and O–H groups in total. The highest BCUT2D eigenvalue weighted by atomic mass is 79.9. The molecule has 0 bridgehead atoms. The number of para-hydroxylation sites is 1. The predicted octanol–water partition coefficient (Wildman–Crippen LogP) is 4.25. The highest BCUT2D eigenvalue weighted by molar-refractivity contribution is 9.10. The Kier molecular flexibility index (Phi) is 4.44. The minimum absolute atomic E-state index is 0.142. The fourth-order valence-electron chi connectivity index (χ4n) is 2.24. The zero-order valence-corrected chi connectivity index (χ0v) is 13.7. The van der Waals surface area contributed by atoms with Crippen molar-refractivity contribution in [2.24, 2.45) is 0 Å². The van der Waals surface area contributed by atoms with E-state index in [0.717, 1.165) is 29.1 Å². The van der Waals surface area contributed by atoms with Crippen molar-refractivity contribution in [2.75, 3.05) is 6.61 Å². The molecule has 0 amide bonds. The number of H-pyrrole nitrogens is 1. The summed E-state index contributed by atoms with van der Waals surface area (Å²) >= 11 is 3.30. The number of esters is 1. The van der Waals surface area contributed by atoms with E-state index in [1.165, 1.54) is 0 Å². The lowest BCUT2D eigenvalue weighted by Crippen LogP contribution is -2.16. The zero-order chi connectivity index (χ0) is 17.3. The van der Waals surface area contributed by atoms with E-state index in [-0.39, 0.29) is 5.69 Å². The van der Waals surface area contributed by atoms with E-state index in [0.29, 0.717) is 4.47 Å². The van der Waals surface area contributed by atoms with Gasteiger partial charge in [-0.3, -0.25) is 4.79 Å². The van der Waals surface area contributed by atoms with Crippen LogP contribution in [0.5, 0.6) is 0 Å². The number of aromatic nitrogens is 1. The minimum Gasteiger partial charge on any atom is -0.453 e. The number of benzene rings is 2. The van der Waals surface area contributed by atoms with Crippen LogP contribution in [0.1, 0.15) is 20.8 Å². The Bertz CT molecular complexity index is 952. The molecule has 0 atom stereocenters. The number of ether oxygens (including phenoxy) is 1. The number of carbonyl (C=O) groups is 2. The monoisotopic (exact) mass is 393 g/mol. The maximum atomic E-state index is 13.5. The molecule has 3 aromatic rings. The molecular weight excluding hydrogens is 384 g/mol. The quantitative estimate of drug-likeness (QED) is 0.532. The van der Waals surface area contributed by atoms with Crippen LogP contribution in [-0.4, -0.2) is 23.3 Å². The molecule has 0 saturated carbocycles. The number of nitrogens with one attached hydrogen (secondary N) is 1. The first kappa shape index (κ1) is 16.3. The van der Waals surface area contributed by atoms with Gasteiger partial charge in [-0.1, -0.05) is 18.2 Å². The van der Waals surface area contributed by atoms with E-state index in [1.807, 2.05) is 6.07 Å². The highest BCUT2D eigenvalue weighted by Gasteiger charge is 2.20. The van der Waals surface area contributed by atoms with E-state index in [9.17, 15) is 18.4 Å². The van der Waals surface area contributed by atoms with Crippen molar-refractivity contribution in [3.05, 3.63) is 69.8 Å². The number of hydrogen-bond acceptors (Lipinski definition) is 3. The van der Waals surface area contributed by atoms with Crippen molar-refractivity contribution in [3.63, 3.8) is 0 Å². The molecule has 0 fully saturated rings. The standard InChI is InChI=1S/C17H10BrF2NO3/c18-15-10-3-1-2-4-13(10)21-16(15)17(23)24-8-14(22)11-7-9(19)5-6-12(11)20/h1-7,21H,8H2. The molecule has 0 unspecified atom stereocenters. The van der Waals surface area contributed by atoms with Crippen LogP contribution in [-0.2, 0) is 4.74 Å². The van der Waals surface area contributed by atoms with Crippen LogP contribution in [0.15, 0.2) is 46.9 Å². The highest BCUT2D eigenvalue weighted by Crippen LogP contribution is 2.28. The lowest BCUT2D eigenvalue weighted by Gasteiger charge is -2.05. The molecule has 1 heterocycles. The van der Waals surface area contributed by atoms with Crippen molar-refractivity contribution >= 4 is 38.6 Å². The molecule has 24 heavy (non-hydrogen) atoms. The molecule has 0 radical (unpaired) electrons. The molecule has 0 aliphatic rings. The van der Waals surface area contributed by atoms with Gasteiger partial charge in [0.1, 0.15) is 17.3 Å². The normalized spacial score (nSPS) is 10.8. The largest absolute Gasteiger partial charge is 0.453 e. The number of ketones is 1. The van der Waals surface area contributed by atoms with Gasteiger partial charge in [0.25, 0.3) is 0 Å². The third kappa shape index (κ3) is 3.07. The second-order valence-electron chi connectivity index (χ2n) is 4.98. The molecule has 0 aliphatic heterocycles. The van der Waals surface area contributed by atoms with Crippen LogP contribution in [0, 0.1) is 11.6 Å². The summed E-state index contributed by atoms with van der Waals surface area (Å²) in [5, 5.41) is 0.784. The Balaban J connectivity index is 1.76. The number of rotatable bonds is 4. The van der Waals surface area contributed by atoms with Crippen LogP contribution >= 0.6 is 15.9 Å². The third-order valence-electron chi connectivity index (χ3n) is 3.41. The molecule has 122 valence electrons. The minimum atomic E-state index is -0.871. The lowest BCUT2D eigenvalue weighted by atomic mass is 10.1. The molecule has 2 aromatic carbocycles. The van der Waals surface area contributed by atoms with Crippen molar-refractivity contribution in [2.45, 2.75) is 0 Å². The number of halogens is 3. The molecule has 4 nitrogen and oxygen atoms in total. The van der Waals surface area contributed by atoms with E-state index < -0.39 is 35.6 Å². The summed E-state index contributed by atoms with van der Waals surface area (Å²) in [7, 11) is 0. The smallest absolute Gasteiger partial charge is 0.356 e. The van der Waals surface area contributed by atoms with Gasteiger partial charge >= 0.3 is 5.97 Å². The fourth-order valence-corrected chi connectivity index (χ4v) is 2.85. The first-order chi connectivity index (χ1) is 11.5. The first-order valence-corrected chi connectivity index (χ1v) is 7.68. The van der Waals surface area contributed by atoms with E-state index in [2.05, 4.69) is 20.9 Å². The lowest BCUT2D eigenvalue weighted by molar-refractivity contribution is 0.0467. The van der Waals surface area contributed by atoms with Gasteiger partial charge in [-0.05, 0) is 40.2 Å². The summed E-state index contributed by atoms with van der Waals surface area (Å²) in [6, 6.07) is 9.72. The summed E-state index contributed by atoms with van der Waals surface area (Å²) in [5.41, 5.74) is 0.404. The Morgan fingerprint density at radius 1 is 1.12 bits per heavy atom. The molecule has 7 heteroatoms. The maximum absolute atomic E-state index is 13.5. The summed E-state index contributed by atoms with van der Waals surface area (Å²) in [5.74, 6) is -3.22. The molecule has 3 rings (SSSR count). The second kappa shape index (κ2) is 6.52. The van der Waals surface area contributed by atoms with Crippen LogP contribution in [0.4, 0.5) is 8.78 Å². The van der Waals surface area contributed by atoms with Crippen molar-refractivity contribution < 1.29 is 23.1 Å². The topological polar surface area (TPSA) is 59.2 Å². The van der Waals surface area contributed by atoms with E-state index >= 15 is 0 Å². The van der Waals surface area contributed by atoms with Gasteiger partial charge in [-0.15, -0.1) is 0 Å². The second-order valence-corrected chi connectivity index (χ2v) is 5.78. The maximum Gasteiger partial charge on any atom is 0.356 e. The molecule has 0 aliphatic carbocycles. The predicted molar refractivity (Wildman–Crippen MR) is 87.0 cm³/mol. The summed E-state index contributed by atoms with van der Waals surface area (Å²) in [4.78, 5) is 26.9. The number of fused-ring (bicyclic) bond motifs is 1. The van der Waals surface area contributed by atoms with Gasteiger partial charge in [-0.25, -0.2) is 13.6 Å². The fraction of sp³-hybridized carbons (Fsp3) is 0.0588. The summed E-state index contributed by atoms with van der Waals surface area (Å²) < 4.78 is 32.1. The van der Waals surface area contributed by atoms with Gasteiger partial charge < -0.3 is 9.72 Å². The van der Waals surface area contributed by atoms with Gasteiger partial charge in [0.15, 0.2) is 6.61 Å². The Hall–Kier alpha value is -2.54. The van der Waals surface area contributed by atoms with Gasteiger partial charge in [0.05, 0.1) is 10.0 Å². The molecule has 1 aromatic heterocycles. The van der Waals surface area contributed by atoms with Gasteiger partial charge in [-0.2, -0.15) is 0 Å². The van der Waals surface area contributed by atoms with Crippen LogP contribution < -0.4 is 0 Å². The number of carbonyl (C=O) groups excluding carboxylic acids is 2. The van der Waals surface area contributed by atoms with Crippen LogP contribution in [0.25, 0.3) is 10.9 Å². The molecule has 0 saturated heterocycles. The SMILES string of the molecule is O=C(COC(=O)c1[nH]c2ccccc2c1Br)c1cc(F)ccc1F. The Labute approximate surface area is 143 Å². The number of Topliss-reactive ketones (excluding diaryl/α,β-unsaturated/α-hetero) is 1. The Morgan fingerprint density at radius 2 is 1.88 bits per heavy atom. The van der Waals surface area contributed by atoms with Crippen LogP contribution in [0.3, 0.4) is 0 Å². The summed E-state index contributed by atoms with van der Waals surface area (Å²) in [6.07, 6.45) is 0. The molecule has 0 spiro atoms. The van der Waals surface area contributed by atoms with Crippen molar-refractivity contribution in [1.29, 1.82) is 0 Å². The van der Waals surface area contributed by atoms with Crippen LogP contribution in [0.2, 0.25) is 0 Å². The average molecular weight is 394 g/mol. The van der Waals surface area contributed by atoms with Gasteiger partial charge in [0.2, 0.25) is 5.78 Å². The van der Waals surface area contributed by atoms with E-state index in [4.69, 9.17) is 4.74 Å². The van der Waals surface area contributed by atoms with E-state index in [1.54, 1.807) is 18.2 Å². The first-order valence-electron chi connectivity index (χ1n) is 6.89. The zero-order valence-electron chi connectivity index (χ0n) is 12.1.